The van der Waals surface area contributed by atoms with Crippen molar-refractivity contribution in [2.75, 3.05) is 46.6 Å². The normalized spacial score (nSPS) is 46.6. The van der Waals surface area contributed by atoms with Crippen LogP contribution in [0.1, 0.15) is 19.8 Å². The molecule has 4 aliphatic heterocycles. The van der Waals surface area contributed by atoms with Gasteiger partial charge in [0.25, 0.3) is 0 Å². The zero-order valence-electron chi connectivity index (χ0n) is 9.53. The summed E-state index contributed by atoms with van der Waals surface area (Å²) >= 11 is 0. The fraction of sp³-hybridized carbons (Fsp3) is 1.00. The first-order valence-electron chi connectivity index (χ1n) is 5.82. The summed E-state index contributed by atoms with van der Waals surface area (Å²) in [4.78, 5) is 7.77. The minimum absolute atomic E-state index is 0. The molecule has 4 aliphatic rings. The minimum Gasteiger partial charge on any atom is -1.00 e. The highest BCUT2D eigenvalue weighted by molar-refractivity contribution is 4.73. The molecule has 88 valence electrons. The number of nitrogens with zero attached hydrogens (tertiary/aromatic N) is 4. The number of unbranched alkanes of at least 4 members (excludes halogenated alkanes) is 1. The van der Waals surface area contributed by atoms with E-state index in [1.807, 2.05) is 0 Å². The first-order chi connectivity index (χ1) is 6.80. The number of quaternary nitrogens is 1. The first-order valence-corrected chi connectivity index (χ1v) is 5.82. The van der Waals surface area contributed by atoms with E-state index >= 15 is 0 Å². The Morgan fingerprint density at radius 1 is 0.933 bits per heavy atom. The van der Waals surface area contributed by atoms with Crippen LogP contribution in [0.25, 0.3) is 0 Å². The van der Waals surface area contributed by atoms with E-state index in [1.165, 1.54) is 63.9 Å². The van der Waals surface area contributed by atoms with Crippen LogP contribution in [0.5, 0.6) is 0 Å². The molecule has 0 saturated carbocycles. The molecule has 15 heavy (non-hydrogen) atoms. The number of halogens is 1. The summed E-state index contributed by atoms with van der Waals surface area (Å²) in [6.45, 7) is 11.2. The molecule has 0 aromatic heterocycles. The Kier molecular flexibility index (Phi) is 3.38. The molecule has 0 unspecified atom stereocenters. The minimum atomic E-state index is 0. The van der Waals surface area contributed by atoms with Crippen LogP contribution in [0.2, 0.25) is 0 Å². The smallest absolute Gasteiger partial charge is 0.139 e. The van der Waals surface area contributed by atoms with Gasteiger partial charge >= 0.3 is 0 Å². The summed E-state index contributed by atoms with van der Waals surface area (Å²) in [5, 5.41) is 0. The fourth-order valence-electron chi connectivity index (χ4n) is 3.36. The van der Waals surface area contributed by atoms with E-state index in [1.54, 1.807) is 0 Å². The standard InChI is InChI=1S/C10H21N4.BrH/c1-2-3-4-14-8-11-5-12(9-14)7-13(6-11)10-14;/h2-10H2,1H3;1H/q+1;/p-1. The maximum Gasteiger partial charge on any atom is 0.139 e. The largest absolute Gasteiger partial charge is 1.00 e. The predicted molar refractivity (Wildman–Crippen MR) is 54.8 cm³/mol. The third-order valence-corrected chi connectivity index (χ3v) is 3.69. The van der Waals surface area contributed by atoms with E-state index in [2.05, 4.69) is 21.6 Å². The second-order valence-corrected chi connectivity index (χ2v) is 5.28. The molecule has 4 fully saturated rings. The molecule has 0 radical (unpaired) electrons. The highest BCUT2D eigenvalue weighted by Gasteiger charge is 2.47. The zero-order chi connectivity index (χ0) is 9.60. The van der Waals surface area contributed by atoms with Gasteiger partial charge in [-0.25, -0.2) is 14.7 Å². The Morgan fingerprint density at radius 2 is 1.40 bits per heavy atom. The highest BCUT2D eigenvalue weighted by Crippen LogP contribution is 2.28. The van der Waals surface area contributed by atoms with Crippen molar-refractivity contribution in [1.82, 2.24) is 14.7 Å². The van der Waals surface area contributed by atoms with Crippen molar-refractivity contribution in [3.8, 4) is 0 Å². The molecular weight excluding hydrogens is 256 g/mol. The van der Waals surface area contributed by atoms with E-state index in [4.69, 9.17) is 0 Å². The van der Waals surface area contributed by atoms with Crippen LogP contribution in [-0.2, 0) is 0 Å². The Morgan fingerprint density at radius 3 is 1.80 bits per heavy atom. The van der Waals surface area contributed by atoms with Gasteiger partial charge in [0.15, 0.2) is 0 Å². The molecule has 0 atom stereocenters. The van der Waals surface area contributed by atoms with Gasteiger partial charge in [-0.2, -0.15) is 0 Å². The van der Waals surface area contributed by atoms with Crippen LogP contribution in [0.3, 0.4) is 0 Å². The molecule has 4 rings (SSSR count). The average molecular weight is 277 g/mol. The average Bonchev–Trinajstić information content (AvgIpc) is 2.12. The van der Waals surface area contributed by atoms with Gasteiger partial charge in [0.1, 0.15) is 20.0 Å². The van der Waals surface area contributed by atoms with Crippen molar-refractivity contribution in [3.63, 3.8) is 0 Å². The predicted octanol–water partition coefficient (Wildman–Crippen LogP) is -2.70. The second kappa shape index (κ2) is 4.30. The molecule has 4 nitrogen and oxygen atoms in total. The van der Waals surface area contributed by atoms with Crippen LogP contribution in [-0.4, -0.2) is 65.7 Å². The molecule has 4 saturated heterocycles. The van der Waals surface area contributed by atoms with Gasteiger partial charge in [-0.3, -0.25) is 4.48 Å². The Bertz CT molecular complexity index is 198. The van der Waals surface area contributed by atoms with Crippen molar-refractivity contribution < 1.29 is 21.5 Å². The maximum atomic E-state index is 2.59. The van der Waals surface area contributed by atoms with Gasteiger partial charge < -0.3 is 17.0 Å². The molecule has 5 heteroatoms. The summed E-state index contributed by atoms with van der Waals surface area (Å²) in [5.41, 5.74) is 0. The third-order valence-electron chi connectivity index (χ3n) is 3.69. The quantitative estimate of drug-likeness (QED) is 0.520. The molecule has 0 aromatic carbocycles. The van der Waals surface area contributed by atoms with Crippen LogP contribution >= 0.6 is 0 Å². The van der Waals surface area contributed by atoms with Crippen molar-refractivity contribution in [1.29, 1.82) is 0 Å². The van der Waals surface area contributed by atoms with Crippen LogP contribution < -0.4 is 17.0 Å². The van der Waals surface area contributed by atoms with Gasteiger partial charge in [0.05, 0.1) is 26.6 Å². The van der Waals surface area contributed by atoms with Crippen LogP contribution in [0, 0.1) is 0 Å². The van der Waals surface area contributed by atoms with Gasteiger partial charge in [-0.05, 0) is 6.42 Å². The lowest BCUT2D eigenvalue weighted by atomic mass is 10.2. The summed E-state index contributed by atoms with van der Waals surface area (Å²) in [6.07, 6.45) is 2.72. The Balaban J connectivity index is 0.000000853. The molecule has 4 heterocycles. The van der Waals surface area contributed by atoms with Crippen molar-refractivity contribution >= 4 is 0 Å². The molecule has 0 N–H and O–H groups in total. The van der Waals surface area contributed by atoms with Gasteiger partial charge in [0.2, 0.25) is 0 Å². The third kappa shape index (κ3) is 2.08. The highest BCUT2D eigenvalue weighted by atomic mass is 79.9. The lowest BCUT2D eigenvalue weighted by Crippen LogP contribution is -3.00. The van der Waals surface area contributed by atoms with Crippen molar-refractivity contribution in [3.05, 3.63) is 0 Å². The van der Waals surface area contributed by atoms with Crippen LogP contribution in [0.15, 0.2) is 0 Å². The first kappa shape index (κ1) is 11.8. The molecule has 4 bridgehead atoms. The van der Waals surface area contributed by atoms with E-state index in [-0.39, 0.29) is 17.0 Å². The van der Waals surface area contributed by atoms with Gasteiger partial charge in [0, 0.05) is 0 Å². The fourth-order valence-corrected chi connectivity index (χ4v) is 3.36. The van der Waals surface area contributed by atoms with Gasteiger partial charge in [-0.15, -0.1) is 0 Å². The number of hydrogen-bond donors (Lipinski definition) is 0. The lowest BCUT2D eigenvalue weighted by molar-refractivity contribution is -0.980. The summed E-state index contributed by atoms with van der Waals surface area (Å²) in [5.74, 6) is 0. The van der Waals surface area contributed by atoms with E-state index < -0.39 is 0 Å². The summed E-state index contributed by atoms with van der Waals surface area (Å²) in [6, 6.07) is 0. The van der Waals surface area contributed by atoms with E-state index in [0.29, 0.717) is 0 Å². The van der Waals surface area contributed by atoms with Crippen molar-refractivity contribution in [2.45, 2.75) is 19.8 Å². The van der Waals surface area contributed by atoms with E-state index in [0.717, 1.165) is 0 Å². The lowest BCUT2D eigenvalue weighted by Gasteiger charge is -2.60. The zero-order valence-corrected chi connectivity index (χ0v) is 11.1. The van der Waals surface area contributed by atoms with Crippen molar-refractivity contribution in [2.24, 2.45) is 0 Å². The SMILES string of the molecule is CCCC[N+]12CN3CN(CN(C3)C1)C2.[Br-]. The second-order valence-electron chi connectivity index (χ2n) is 5.28. The Labute approximate surface area is 103 Å². The van der Waals surface area contributed by atoms with Gasteiger partial charge in [-0.1, -0.05) is 13.3 Å². The topological polar surface area (TPSA) is 9.72 Å². The Hall–Kier alpha value is 0.320. The molecular formula is C10H21BrN4. The number of hydrogen-bond acceptors (Lipinski definition) is 3. The number of rotatable bonds is 3. The molecule has 0 aliphatic carbocycles. The van der Waals surface area contributed by atoms with Crippen LogP contribution in [0.4, 0.5) is 0 Å². The summed E-state index contributed by atoms with van der Waals surface area (Å²) < 4.78 is 1.31. The molecule has 0 amide bonds. The maximum absolute atomic E-state index is 2.59. The summed E-state index contributed by atoms with van der Waals surface area (Å²) in [7, 11) is 0. The van der Waals surface area contributed by atoms with E-state index in [9.17, 15) is 0 Å². The molecule has 0 spiro atoms. The molecule has 0 aromatic rings. The monoisotopic (exact) mass is 276 g/mol.